The minimum Gasteiger partial charge on any atom is -0.460 e. The van der Waals surface area contributed by atoms with Crippen LogP contribution in [0.25, 0.3) is 0 Å². The Morgan fingerprint density at radius 3 is 2.47 bits per heavy atom. The molecule has 91 valence electrons. The molecule has 1 aromatic rings. The van der Waals surface area contributed by atoms with Gasteiger partial charge in [0.05, 0.1) is 5.41 Å². The van der Waals surface area contributed by atoms with E-state index < -0.39 is 5.41 Å². The summed E-state index contributed by atoms with van der Waals surface area (Å²) in [5, 5.41) is 0. The molecular formula is C14H18NO2. The number of benzene rings is 1. The molecule has 0 spiro atoms. The molecule has 1 N–H and O–H groups in total. The van der Waals surface area contributed by atoms with Crippen molar-refractivity contribution in [3.05, 3.63) is 35.9 Å². The monoisotopic (exact) mass is 232 g/mol. The van der Waals surface area contributed by atoms with Gasteiger partial charge in [0.25, 0.3) is 0 Å². The summed E-state index contributed by atoms with van der Waals surface area (Å²) in [4.78, 5) is 12.0. The normalized spacial score (nSPS) is 17.9. The lowest BCUT2D eigenvalue weighted by atomic mass is 9.86. The molecule has 1 fully saturated rings. The molecule has 1 aromatic carbocycles. The van der Waals surface area contributed by atoms with Crippen LogP contribution in [0.15, 0.2) is 30.3 Å². The van der Waals surface area contributed by atoms with Crippen LogP contribution in [0, 0.1) is 5.41 Å². The Morgan fingerprint density at radius 2 is 1.88 bits per heavy atom. The zero-order chi connectivity index (χ0) is 12.1. The van der Waals surface area contributed by atoms with E-state index >= 15 is 0 Å². The predicted molar refractivity (Wildman–Crippen MR) is 65.1 cm³/mol. The molecule has 1 saturated carbocycles. The van der Waals surface area contributed by atoms with Crippen molar-refractivity contribution in [1.82, 2.24) is 5.73 Å². The van der Waals surface area contributed by atoms with Crippen molar-refractivity contribution in [2.75, 3.05) is 6.54 Å². The van der Waals surface area contributed by atoms with Crippen LogP contribution in [0.1, 0.15) is 31.2 Å². The summed E-state index contributed by atoms with van der Waals surface area (Å²) < 4.78 is 5.35. The Morgan fingerprint density at radius 1 is 1.24 bits per heavy atom. The first kappa shape index (κ1) is 12.1. The van der Waals surface area contributed by atoms with Gasteiger partial charge in [-0.25, -0.2) is 0 Å². The number of esters is 1. The number of carbonyl (C=O) groups excluding carboxylic acids is 1. The van der Waals surface area contributed by atoms with E-state index in [2.05, 4.69) is 0 Å². The zero-order valence-corrected chi connectivity index (χ0v) is 9.95. The van der Waals surface area contributed by atoms with Crippen LogP contribution in [0.4, 0.5) is 0 Å². The first-order chi connectivity index (χ1) is 8.27. The van der Waals surface area contributed by atoms with Crippen LogP contribution in [0.5, 0.6) is 0 Å². The van der Waals surface area contributed by atoms with E-state index in [1.54, 1.807) is 0 Å². The maximum atomic E-state index is 12.0. The second-order valence-electron chi connectivity index (χ2n) is 4.73. The molecule has 2 rings (SSSR count). The van der Waals surface area contributed by atoms with Crippen molar-refractivity contribution in [3.8, 4) is 0 Å². The van der Waals surface area contributed by atoms with Crippen LogP contribution >= 0.6 is 0 Å². The Labute approximate surface area is 102 Å². The molecule has 3 heteroatoms. The Hall–Kier alpha value is -1.35. The highest BCUT2D eigenvalue weighted by molar-refractivity contribution is 5.77. The molecule has 0 aliphatic heterocycles. The molecule has 1 aliphatic rings. The average Bonchev–Trinajstić information content (AvgIpc) is 2.87. The Balaban J connectivity index is 1.93. The van der Waals surface area contributed by atoms with Crippen LogP contribution in [-0.2, 0) is 16.1 Å². The minimum absolute atomic E-state index is 0.153. The quantitative estimate of drug-likeness (QED) is 0.749. The summed E-state index contributed by atoms with van der Waals surface area (Å²) in [6.07, 6.45) is 3.70. The van der Waals surface area contributed by atoms with E-state index in [9.17, 15) is 4.79 Å². The van der Waals surface area contributed by atoms with Gasteiger partial charge < -0.3 is 4.74 Å². The van der Waals surface area contributed by atoms with E-state index in [0.29, 0.717) is 6.61 Å². The lowest BCUT2D eigenvalue weighted by Gasteiger charge is -2.24. The molecule has 3 nitrogen and oxygen atoms in total. The van der Waals surface area contributed by atoms with Crippen molar-refractivity contribution >= 4 is 5.97 Å². The summed E-state index contributed by atoms with van der Waals surface area (Å²) >= 11 is 0. The minimum atomic E-state index is -0.519. The molecular weight excluding hydrogens is 214 g/mol. The number of nitrogens with one attached hydrogen (secondary N) is 1. The van der Waals surface area contributed by atoms with Gasteiger partial charge in [-0.15, -0.1) is 0 Å². The second kappa shape index (κ2) is 5.32. The number of ether oxygens (including phenoxy) is 1. The van der Waals surface area contributed by atoms with E-state index in [0.717, 1.165) is 31.2 Å². The highest BCUT2D eigenvalue weighted by Gasteiger charge is 2.41. The number of carbonyl (C=O) groups is 1. The standard InChI is InChI=1S/C14H18NO2/c15-11-14(8-4-5-9-14)13(16)17-10-12-6-2-1-3-7-12/h1-3,6-7,15H,4-5,8-11H2. The molecule has 0 unspecified atom stereocenters. The maximum Gasteiger partial charge on any atom is 0.313 e. The fourth-order valence-electron chi connectivity index (χ4n) is 2.38. The highest BCUT2D eigenvalue weighted by Crippen LogP contribution is 2.38. The summed E-state index contributed by atoms with van der Waals surface area (Å²) in [5.74, 6) is -0.186. The van der Waals surface area contributed by atoms with E-state index in [-0.39, 0.29) is 12.5 Å². The molecule has 0 saturated heterocycles. The van der Waals surface area contributed by atoms with Crippen LogP contribution in [-0.4, -0.2) is 12.5 Å². The van der Waals surface area contributed by atoms with Crippen molar-refractivity contribution in [2.45, 2.75) is 32.3 Å². The van der Waals surface area contributed by atoms with Crippen molar-refractivity contribution < 1.29 is 9.53 Å². The lowest BCUT2D eigenvalue weighted by Crippen LogP contribution is -2.34. The summed E-state index contributed by atoms with van der Waals surface area (Å²) in [7, 11) is 0. The Bertz CT molecular complexity index is 369. The fraction of sp³-hybridized carbons (Fsp3) is 0.500. The predicted octanol–water partition coefficient (Wildman–Crippen LogP) is 2.57. The molecule has 0 atom stereocenters. The number of hydrogen-bond donors (Lipinski definition) is 0. The topological polar surface area (TPSA) is 50.1 Å². The highest BCUT2D eigenvalue weighted by atomic mass is 16.5. The third-order valence-corrected chi connectivity index (χ3v) is 3.54. The first-order valence-electron chi connectivity index (χ1n) is 6.13. The van der Waals surface area contributed by atoms with Crippen molar-refractivity contribution in [3.63, 3.8) is 0 Å². The molecule has 1 radical (unpaired) electrons. The number of hydrogen-bond acceptors (Lipinski definition) is 2. The van der Waals surface area contributed by atoms with Gasteiger partial charge in [0.2, 0.25) is 0 Å². The molecule has 0 amide bonds. The number of rotatable bonds is 4. The summed E-state index contributed by atoms with van der Waals surface area (Å²) in [6, 6.07) is 9.68. The van der Waals surface area contributed by atoms with Gasteiger partial charge in [-0.2, -0.15) is 0 Å². The van der Waals surface area contributed by atoms with Gasteiger partial charge in [0, 0.05) is 6.54 Å². The van der Waals surface area contributed by atoms with Crippen molar-refractivity contribution in [1.29, 1.82) is 0 Å². The van der Waals surface area contributed by atoms with E-state index in [1.807, 2.05) is 30.3 Å². The smallest absolute Gasteiger partial charge is 0.313 e. The first-order valence-corrected chi connectivity index (χ1v) is 6.13. The fourth-order valence-corrected chi connectivity index (χ4v) is 2.38. The third-order valence-electron chi connectivity index (χ3n) is 3.54. The lowest BCUT2D eigenvalue weighted by molar-refractivity contribution is -0.156. The third kappa shape index (κ3) is 2.67. The molecule has 0 heterocycles. The molecule has 0 bridgehead atoms. The van der Waals surface area contributed by atoms with Gasteiger partial charge in [-0.1, -0.05) is 43.2 Å². The maximum absolute atomic E-state index is 12.0. The van der Waals surface area contributed by atoms with Gasteiger partial charge in [0.1, 0.15) is 6.61 Å². The summed E-state index contributed by atoms with van der Waals surface area (Å²) in [5.41, 5.74) is 8.04. The second-order valence-corrected chi connectivity index (χ2v) is 4.73. The largest absolute Gasteiger partial charge is 0.460 e. The van der Waals surface area contributed by atoms with Crippen LogP contribution in [0.3, 0.4) is 0 Å². The van der Waals surface area contributed by atoms with Crippen LogP contribution < -0.4 is 5.73 Å². The van der Waals surface area contributed by atoms with Gasteiger partial charge in [-0.3, -0.25) is 10.5 Å². The van der Waals surface area contributed by atoms with Gasteiger partial charge in [0.15, 0.2) is 0 Å². The Kier molecular flexibility index (Phi) is 3.79. The molecule has 1 aliphatic carbocycles. The zero-order valence-electron chi connectivity index (χ0n) is 9.95. The van der Waals surface area contributed by atoms with E-state index in [4.69, 9.17) is 10.5 Å². The van der Waals surface area contributed by atoms with Gasteiger partial charge >= 0.3 is 5.97 Å². The van der Waals surface area contributed by atoms with Gasteiger partial charge in [-0.05, 0) is 18.4 Å². The molecule has 0 aromatic heterocycles. The van der Waals surface area contributed by atoms with Crippen molar-refractivity contribution in [2.24, 2.45) is 5.41 Å². The van der Waals surface area contributed by atoms with E-state index in [1.165, 1.54) is 0 Å². The SMILES string of the molecule is [NH]CC1(C(=O)OCc2ccccc2)CCCC1. The van der Waals surface area contributed by atoms with Crippen LogP contribution in [0.2, 0.25) is 0 Å². The summed E-state index contributed by atoms with van der Waals surface area (Å²) in [6.45, 7) is 0.474. The molecule has 17 heavy (non-hydrogen) atoms. The average molecular weight is 232 g/mol.